The Kier molecular flexibility index (Phi) is 4.42. The maximum atomic E-state index is 11.2. The van der Waals surface area contributed by atoms with Gasteiger partial charge in [-0.3, -0.25) is 4.79 Å². The summed E-state index contributed by atoms with van der Waals surface area (Å²) in [7, 11) is 3.85. The molecule has 3 N–H and O–H groups in total. The summed E-state index contributed by atoms with van der Waals surface area (Å²) in [6, 6.07) is 2.31. The summed E-state index contributed by atoms with van der Waals surface area (Å²) in [5, 5.41) is 3.45. The lowest BCUT2D eigenvalue weighted by atomic mass is 9.85. The van der Waals surface area contributed by atoms with Crippen molar-refractivity contribution in [2.75, 3.05) is 24.3 Å². The summed E-state index contributed by atoms with van der Waals surface area (Å²) < 4.78 is 0. The van der Waals surface area contributed by atoms with Crippen molar-refractivity contribution in [3.63, 3.8) is 0 Å². The second-order valence-corrected chi connectivity index (χ2v) is 5.68. The first-order valence-electron chi connectivity index (χ1n) is 7.04. The zero-order chi connectivity index (χ0) is 14.7. The molecule has 0 radical (unpaired) electrons. The summed E-state index contributed by atoms with van der Waals surface area (Å²) in [6.45, 7) is 1.96. The van der Waals surface area contributed by atoms with E-state index in [9.17, 15) is 4.79 Å². The van der Waals surface area contributed by atoms with Gasteiger partial charge in [-0.05, 0) is 32.6 Å². The van der Waals surface area contributed by atoms with Gasteiger partial charge in [0.15, 0.2) is 0 Å². The van der Waals surface area contributed by atoms with Gasteiger partial charge in [0.25, 0.3) is 0 Å². The average molecular weight is 277 g/mol. The molecule has 110 valence electrons. The van der Waals surface area contributed by atoms with Gasteiger partial charge in [-0.25, -0.2) is 4.98 Å². The highest BCUT2D eigenvalue weighted by atomic mass is 16.1. The molecule has 1 fully saturated rings. The van der Waals surface area contributed by atoms with Crippen molar-refractivity contribution in [1.82, 2.24) is 9.97 Å². The third-order valence-electron chi connectivity index (χ3n) is 3.72. The first-order valence-corrected chi connectivity index (χ1v) is 7.04. The van der Waals surface area contributed by atoms with Crippen LogP contribution in [0.25, 0.3) is 0 Å². The summed E-state index contributed by atoms with van der Waals surface area (Å²) in [5.41, 5.74) is 6.29. The molecule has 0 atom stereocenters. The molecule has 2 rings (SSSR count). The lowest BCUT2D eigenvalue weighted by Crippen LogP contribution is -2.32. The smallest absolute Gasteiger partial charge is 0.226 e. The number of nitrogens with zero attached hydrogens (tertiary/aromatic N) is 3. The fourth-order valence-corrected chi connectivity index (χ4v) is 2.56. The molecule has 1 heterocycles. The molecule has 1 aliphatic rings. The van der Waals surface area contributed by atoms with Crippen molar-refractivity contribution in [3.8, 4) is 0 Å². The zero-order valence-corrected chi connectivity index (χ0v) is 12.4. The van der Waals surface area contributed by atoms with Crippen molar-refractivity contribution in [3.05, 3.63) is 11.8 Å². The van der Waals surface area contributed by atoms with Gasteiger partial charge >= 0.3 is 0 Å². The van der Waals surface area contributed by atoms with Crippen LogP contribution in [0.4, 0.5) is 11.8 Å². The second kappa shape index (κ2) is 6.07. The quantitative estimate of drug-likeness (QED) is 0.866. The molecule has 0 bridgehead atoms. The third-order valence-corrected chi connectivity index (χ3v) is 3.72. The van der Waals surface area contributed by atoms with Crippen LogP contribution in [-0.2, 0) is 4.79 Å². The van der Waals surface area contributed by atoms with Gasteiger partial charge < -0.3 is 16.0 Å². The summed E-state index contributed by atoms with van der Waals surface area (Å²) in [5.74, 6) is 1.43. The minimum atomic E-state index is -0.170. The van der Waals surface area contributed by atoms with E-state index in [0.29, 0.717) is 12.0 Å². The van der Waals surface area contributed by atoms with Crippen molar-refractivity contribution < 1.29 is 4.79 Å². The van der Waals surface area contributed by atoms with Gasteiger partial charge in [0.2, 0.25) is 11.9 Å². The zero-order valence-electron chi connectivity index (χ0n) is 12.4. The molecule has 20 heavy (non-hydrogen) atoms. The topological polar surface area (TPSA) is 84.1 Å². The Hall–Kier alpha value is -1.85. The van der Waals surface area contributed by atoms with Crippen LogP contribution in [0.1, 0.15) is 31.4 Å². The van der Waals surface area contributed by atoms with E-state index < -0.39 is 0 Å². The molecule has 0 spiro atoms. The predicted molar refractivity (Wildman–Crippen MR) is 79.7 cm³/mol. The Labute approximate surface area is 119 Å². The van der Waals surface area contributed by atoms with Crippen LogP contribution in [0.15, 0.2) is 6.07 Å². The molecule has 6 nitrogen and oxygen atoms in total. The minimum absolute atomic E-state index is 0.0394. The Morgan fingerprint density at radius 2 is 1.95 bits per heavy atom. The SMILES string of the molecule is Cc1cc(N[C@H]2CC[C@@H](C(N)=O)CC2)nc(N(C)C)n1. The standard InChI is InChI=1S/C14H23N5O/c1-9-8-12(18-14(16-9)19(2)3)17-11-6-4-10(5-7-11)13(15)20/h8,10-11H,4-7H2,1-3H3,(H2,15,20)(H,16,17,18)/t10-,11+. The third kappa shape index (κ3) is 3.59. The summed E-state index contributed by atoms with van der Waals surface area (Å²) >= 11 is 0. The van der Waals surface area contributed by atoms with Crippen molar-refractivity contribution >= 4 is 17.7 Å². The summed E-state index contributed by atoms with van der Waals surface area (Å²) in [4.78, 5) is 21.9. The Balaban J connectivity index is 1.99. The maximum absolute atomic E-state index is 11.2. The van der Waals surface area contributed by atoms with Gasteiger partial charge in [-0.1, -0.05) is 0 Å². The molecule has 1 aliphatic carbocycles. The number of aryl methyl sites for hydroxylation is 1. The molecular weight excluding hydrogens is 254 g/mol. The number of nitrogens with one attached hydrogen (secondary N) is 1. The monoisotopic (exact) mass is 277 g/mol. The van der Waals surface area contributed by atoms with E-state index in [0.717, 1.165) is 37.2 Å². The predicted octanol–water partition coefficient (Wildman–Crippen LogP) is 1.31. The number of hydrogen-bond donors (Lipinski definition) is 2. The highest BCUT2D eigenvalue weighted by Gasteiger charge is 2.24. The number of carbonyl (C=O) groups is 1. The molecule has 1 aromatic heterocycles. The van der Waals surface area contributed by atoms with Crippen LogP contribution in [0.3, 0.4) is 0 Å². The Bertz CT molecular complexity index is 480. The maximum Gasteiger partial charge on any atom is 0.226 e. The van der Waals surface area contributed by atoms with E-state index >= 15 is 0 Å². The molecule has 0 aliphatic heterocycles. The molecule has 1 aromatic rings. The number of rotatable bonds is 4. The van der Waals surface area contributed by atoms with Crippen LogP contribution in [0.2, 0.25) is 0 Å². The number of primary amides is 1. The van der Waals surface area contributed by atoms with E-state index in [4.69, 9.17) is 5.73 Å². The van der Waals surface area contributed by atoms with Gasteiger partial charge in [0, 0.05) is 37.8 Å². The molecule has 0 saturated heterocycles. The molecule has 1 saturated carbocycles. The van der Waals surface area contributed by atoms with Gasteiger partial charge in [-0.2, -0.15) is 4.98 Å². The van der Waals surface area contributed by atoms with Crippen LogP contribution in [0.5, 0.6) is 0 Å². The fourth-order valence-electron chi connectivity index (χ4n) is 2.56. The number of hydrogen-bond acceptors (Lipinski definition) is 5. The molecule has 6 heteroatoms. The number of carbonyl (C=O) groups excluding carboxylic acids is 1. The van der Waals surface area contributed by atoms with Crippen LogP contribution in [0, 0.1) is 12.8 Å². The second-order valence-electron chi connectivity index (χ2n) is 5.68. The van der Waals surface area contributed by atoms with Crippen LogP contribution >= 0.6 is 0 Å². The number of nitrogens with two attached hydrogens (primary N) is 1. The van der Waals surface area contributed by atoms with Crippen LogP contribution in [-0.4, -0.2) is 36.0 Å². The number of anilines is 2. The lowest BCUT2D eigenvalue weighted by molar-refractivity contribution is -0.122. The molecule has 1 amide bonds. The first-order chi connectivity index (χ1) is 9.45. The highest BCUT2D eigenvalue weighted by Crippen LogP contribution is 2.26. The average Bonchev–Trinajstić information content (AvgIpc) is 2.38. The number of aromatic nitrogens is 2. The van der Waals surface area contributed by atoms with Gasteiger partial charge in [0.05, 0.1) is 0 Å². The van der Waals surface area contributed by atoms with E-state index in [1.807, 2.05) is 32.0 Å². The molecular formula is C14H23N5O. The lowest BCUT2D eigenvalue weighted by Gasteiger charge is -2.28. The van der Waals surface area contributed by atoms with Crippen molar-refractivity contribution in [2.24, 2.45) is 11.7 Å². The van der Waals surface area contributed by atoms with E-state index in [-0.39, 0.29) is 11.8 Å². The summed E-state index contributed by atoms with van der Waals surface area (Å²) in [6.07, 6.45) is 3.62. The van der Waals surface area contributed by atoms with Gasteiger partial charge in [-0.15, -0.1) is 0 Å². The fraction of sp³-hybridized carbons (Fsp3) is 0.643. The first kappa shape index (κ1) is 14.6. The molecule has 0 unspecified atom stereocenters. The van der Waals surface area contributed by atoms with E-state index in [1.54, 1.807) is 0 Å². The minimum Gasteiger partial charge on any atom is -0.369 e. The largest absolute Gasteiger partial charge is 0.369 e. The van der Waals surface area contributed by atoms with E-state index in [1.165, 1.54) is 0 Å². The Morgan fingerprint density at radius 1 is 1.30 bits per heavy atom. The van der Waals surface area contributed by atoms with Crippen molar-refractivity contribution in [1.29, 1.82) is 0 Å². The van der Waals surface area contributed by atoms with Crippen molar-refractivity contribution in [2.45, 2.75) is 38.6 Å². The van der Waals surface area contributed by atoms with Crippen LogP contribution < -0.4 is 16.0 Å². The Morgan fingerprint density at radius 3 is 2.50 bits per heavy atom. The number of amides is 1. The molecule has 0 aromatic carbocycles. The normalized spacial score (nSPS) is 22.4. The van der Waals surface area contributed by atoms with Gasteiger partial charge in [0.1, 0.15) is 5.82 Å². The highest BCUT2D eigenvalue weighted by molar-refractivity contribution is 5.76. The van der Waals surface area contributed by atoms with E-state index in [2.05, 4.69) is 15.3 Å².